The topological polar surface area (TPSA) is 107 Å². The fourth-order valence-electron chi connectivity index (χ4n) is 2.66. The number of nitrogens with two attached hydrogens (primary N) is 1. The number of thiophene rings is 1. The highest BCUT2D eigenvalue weighted by atomic mass is 32.1. The van der Waals surface area contributed by atoms with E-state index < -0.39 is 11.9 Å². The minimum absolute atomic E-state index is 0.309. The zero-order valence-corrected chi connectivity index (χ0v) is 12.9. The summed E-state index contributed by atoms with van der Waals surface area (Å²) in [6.07, 6.45) is 4.55. The fraction of sp³-hybridized carbons (Fsp3) is 0.429. The molecule has 3 rings (SSSR count). The first-order valence-electron chi connectivity index (χ1n) is 7.02. The Morgan fingerprint density at radius 3 is 3.09 bits per heavy atom. The molecule has 0 aromatic carbocycles. The molecule has 1 aliphatic rings. The van der Waals surface area contributed by atoms with Crippen LogP contribution in [0.3, 0.4) is 0 Å². The van der Waals surface area contributed by atoms with Crippen LogP contribution in [0.25, 0.3) is 10.2 Å². The first kappa shape index (κ1) is 14.7. The van der Waals surface area contributed by atoms with Crippen LogP contribution in [0.4, 0.5) is 4.79 Å². The van der Waals surface area contributed by atoms with Crippen molar-refractivity contribution in [1.29, 1.82) is 0 Å². The third-order valence-corrected chi connectivity index (χ3v) is 4.82. The molecule has 2 aromatic rings. The Morgan fingerprint density at radius 2 is 2.32 bits per heavy atom. The quantitative estimate of drug-likeness (QED) is 0.888. The van der Waals surface area contributed by atoms with Crippen LogP contribution in [0.15, 0.2) is 6.33 Å². The Labute approximate surface area is 130 Å². The number of urea groups is 1. The van der Waals surface area contributed by atoms with Crippen molar-refractivity contribution >= 4 is 33.5 Å². The molecule has 0 saturated carbocycles. The number of ether oxygens (including phenoxy) is 1. The Morgan fingerprint density at radius 1 is 1.50 bits per heavy atom. The molecule has 7 nitrogen and oxygen atoms in total. The Balaban J connectivity index is 1.87. The van der Waals surface area contributed by atoms with Crippen molar-refractivity contribution < 1.29 is 14.3 Å². The van der Waals surface area contributed by atoms with Gasteiger partial charge in [0.05, 0.1) is 5.39 Å². The highest BCUT2D eigenvalue weighted by molar-refractivity contribution is 7.18. The number of imide groups is 1. The number of amides is 3. The first-order valence-corrected chi connectivity index (χ1v) is 7.83. The van der Waals surface area contributed by atoms with E-state index in [9.17, 15) is 9.59 Å². The average Bonchev–Trinajstić information content (AvgIpc) is 2.82. The summed E-state index contributed by atoms with van der Waals surface area (Å²) in [7, 11) is 0. The number of carbonyl (C=O) groups is 2. The molecule has 2 aromatic heterocycles. The van der Waals surface area contributed by atoms with E-state index in [2.05, 4.69) is 16.9 Å². The van der Waals surface area contributed by atoms with Gasteiger partial charge in [0.15, 0.2) is 6.61 Å². The molecule has 8 heteroatoms. The van der Waals surface area contributed by atoms with Crippen LogP contribution in [0.2, 0.25) is 0 Å². The van der Waals surface area contributed by atoms with E-state index in [1.54, 1.807) is 11.3 Å². The van der Waals surface area contributed by atoms with Gasteiger partial charge in [-0.2, -0.15) is 0 Å². The van der Waals surface area contributed by atoms with Crippen LogP contribution in [0, 0.1) is 5.92 Å². The molecule has 1 aliphatic carbocycles. The molecular weight excluding hydrogens is 304 g/mol. The van der Waals surface area contributed by atoms with Gasteiger partial charge >= 0.3 is 6.03 Å². The predicted octanol–water partition coefficient (Wildman–Crippen LogP) is 1.39. The number of nitrogens with zero attached hydrogens (tertiary/aromatic N) is 2. The Bertz CT molecular complexity index is 743. The van der Waals surface area contributed by atoms with Crippen LogP contribution >= 0.6 is 11.3 Å². The number of hydrogen-bond acceptors (Lipinski definition) is 6. The molecule has 3 amide bonds. The van der Waals surface area contributed by atoms with Crippen molar-refractivity contribution in [2.24, 2.45) is 11.7 Å². The van der Waals surface area contributed by atoms with Crippen LogP contribution in [-0.2, 0) is 17.6 Å². The molecule has 22 heavy (non-hydrogen) atoms. The van der Waals surface area contributed by atoms with E-state index in [-0.39, 0.29) is 6.61 Å². The average molecular weight is 320 g/mol. The lowest BCUT2D eigenvalue weighted by Gasteiger charge is -2.18. The van der Waals surface area contributed by atoms with Crippen molar-refractivity contribution in [3.63, 3.8) is 0 Å². The first-order chi connectivity index (χ1) is 10.5. The lowest BCUT2D eigenvalue weighted by molar-refractivity contribution is -0.121. The van der Waals surface area contributed by atoms with E-state index in [4.69, 9.17) is 10.5 Å². The molecule has 0 radical (unpaired) electrons. The molecule has 0 aliphatic heterocycles. The second kappa shape index (κ2) is 5.88. The maximum atomic E-state index is 11.5. The summed E-state index contributed by atoms with van der Waals surface area (Å²) in [6, 6.07) is -0.900. The zero-order chi connectivity index (χ0) is 15.7. The molecule has 0 spiro atoms. The molecular formula is C14H16N4O3S. The maximum absolute atomic E-state index is 11.5. The number of carbonyl (C=O) groups excluding carboxylic acids is 2. The number of fused-ring (bicyclic) bond motifs is 3. The van der Waals surface area contributed by atoms with Gasteiger partial charge in [-0.3, -0.25) is 10.1 Å². The molecule has 0 bridgehead atoms. The van der Waals surface area contributed by atoms with Crippen LogP contribution in [-0.4, -0.2) is 28.5 Å². The van der Waals surface area contributed by atoms with Crippen LogP contribution in [0.5, 0.6) is 5.88 Å². The number of aromatic nitrogens is 2. The molecule has 0 saturated heterocycles. The van der Waals surface area contributed by atoms with Gasteiger partial charge in [-0.15, -0.1) is 11.3 Å². The Hall–Kier alpha value is -2.22. The largest absolute Gasteiger partial charge is 0.467 e. The monoisotopic (exact) mass is 320 g/mol. The summed E-state index contributed by atoms with van der Waals surface area (Å²) in [5, 5.41) is 2.85. The van der Waals surface area contributed by atoms with E-state index in [1.807, 2.05) is 5.32 Å². The van der Waals surface area contributed by atoms with E-state index in [1.165, 1.54) is 16.8 Å². The molecule has 1 atom stereocenters. The highest BCUT2D eigenvalue weighted by Gasteiger charge is 2.23. The van der Waals surface area contributed by atoms with Crippen molar-refractivity contribution in [3.05, 3.63) is 16.8 Å². The van der Waals surface area contributed by atoms with Crippen LogP contribution in [0.1, 0.15) is 23.8 Å². The molecule has 0 fully saturated rings. The minimum atomic E-state index is -0.900. The van der Waals surface area contributed by atoms with Gasteiger partial charge < -0.3 is 10.5 Å². The highest BCUT2D eigenvalue weighted by Crippen LogP contribution is 2.40. The minimum Gasteiger partial charge on any atom is -0.467 e. The van der Waals surface area contributed by atoms with Crippen molar-refractivity contribution in [2.75, 3.05) is 6.61 Å². The van der Waals surface area contributed by atoms with Gasteiger partial charge in [0.1, 0.15) is 11.2 Å². The van der Waals surface area contributed by atoms with Gasteiger partial charge in [0.25, 0.3) is 5.91 Å². The number of primary amides is 1. The normalized spacial score (nSPS) is 17.0. The maximum Gasteiger partial charge on any atom is 0.318 e. The summed E-state index contributed by atoms with van der Waals surface area (Å²) in [6.45, 7) is 1.93. The molecule has 3 N–H and O–H groups in total. The fourth-order valence-corrected chi connectivity index (χ4v) is 4.00. The lowest BCUT2D eigenvalue weighted by Crippen LogP contribution is -2.38. The zero-order valence-electron chi connectivity index (χ0n) is 12.1. The summed E-state index contributed by atoms with van der Waals surface area (Å²) >= 11 is 1.66. The van der Waals surface area contributed by atoms with E-state index in [0.717, 1.165) is 29.5 Å². The van der Waals surface area contributed by atoms with Crippen molar-refractivity contribution in [3.8, 4) is 5.88 Å². The number of rotatable bonds is 3. The third-order valence-electron chi connectivity index (χ3n) is 3.66. The Kier molecular flexibility index (Phi) is 3.93. The second-order valence-electron chi connectivity index (χ2n) is 5.41. The predicted molar refractivity (Wildman–Crippen MR) is 81.8 cm³/mol. The smallest absolute Gasteiger partial charge is 0.318 e. The standard InChI is InChI=1S/C14H16N4O3S/c1-7-2-3-8-9(4-7)22-13-11(8)12(16-6-17-13)21-5-10(19)18-14(15)20/h6-7H,2-5H2,1H3,(H3,15,18,19,20). The lowest BCUT2D eigenvalue weighted by atomic mass is 9.89. The summed E-state index contributed by atoms with van der Waals surface area (Å²) < 4.78 is 5.47. The van der Waals surface area contributed by atoms with Gasteiger partial charge in [0, 0.05) is 4.88 Å². The second-order valence-corrected chi connectivity index (χ2v) is 6.50. The number of hydrogen-bond donors (Lipinski definition) is 2. The summed E-state index contributed by atoms with van der Waals surface area (Å²) in [5.74, 6) is 0.452. The summed E-state index contributed by atoms with van der Waals surface area (Å²) in [5.41, 5.74) is 6.12. The molecule has 116 valence electrons. The SMILES string of the molecule is CC1CCc2c(sc3ncnc(OCC(=O)NC(N)=O)c23)C1. The van der Waals surface area contributed by atoms with Crippen molar-refractivity contribution in [2.45, 2.75) is 26.2 Å². The van der Waals surface area contributed by atoms with Gasteiger partial charge in [-0.1, -0.05) is 6.92 Å². The van der Waals surface area contributed by atoms with Crippen molar-refractivity contribution in [1.82, 2.24) is 15.3 Å². The van der Waals surface area contributed by atoms with E-state index in [0.29, 0.717) is 11.8 Å². The van der Waals surface area contributed by atoms with Gasteiger partial charge in [0.2, 0.25) is 5.88 Å². The van der Waals surface area contributed by atoms with Gasteiger partial charge in [-0.05, 0) is 30.7 Å². The third kappa shape index (κ3) is 2.87. The number of aryl methyl sites for hydroxylation is 1. The van der Waals surface area contributed by atoms with Gasteiger partial charge in [-0.25, -0.2) is 14.8 Å². The number of nitrogens with one attached hydrogen (secondary N) is 1. The summed E-state index contributed by atoms with van der Waals surface area (Å²) in [4.78, 5) is 32.7. The molecule has 1 unspecified atom stereocenters. The van der Waals surface area contributed by atoms with E-state index >= 15 is 0 Å². The van der Waals surface area contributed by atoms with Crippen LogP contribution < -0.4 is 15.8 Å². The molecule has 2 heterocycles.